The third-order valence-electron chi connectivity index (χ3n) is 2.23. The SMILES string of the molecule is OCc1c[nH]c(=S)n1CCn1cccn1. The van der Waals surface area contributed by atoms with Crippen LogP contribution >= 0.6 is 12.2 Å². The monoisotopic (exact) mass is 224 g/mol. The van der Waals surface area contributed by atoms with Gasteiger partial charge >= 0.3 is 0 Å². The number of nitrogens with zero attached hydrogens (tertiary/aromatic N) is 3. The molecule has 0 fully saturated rings. The van der Waals surface area contributed by atoms with Crippen molar-refractivity contribution in [1.82, 2.24) is 19.3 Å². The van der Waals surface area contributed by atoms with Crippen molar-refractivity contribution in [2.24, 2.45) is 0 Å². The van der Waals surface area contributed by atoms with Crippen molar-refractivity contribution in [3.05, 3.63) is 35.1 Å². The van der Waals surface area contributed by atoms with E-state index in [0.717, 1.165) is 12.2 Å². The standard InChI is InChI=1S/C9H12N4OS/c14-7-8-6-10-9(15)13(8)5-4-12-3-1-2-11-12/h1-3,6,14H,4-5,7H2,(H,10,15). The Balaban J connectivity index is 2.10. The molecule has 0 atom stereocenters. The Morgan fingerprint density at radius 2 is 2.33 bits per heavy atom. The predicted molar refractivity (Wildman–Crippen MR) is 57.8 cm³/mol. The summed E-state index contributed by atoms with van der Waals surface area (Å²) in [5, 5.41) is 13.2. The predicted octanol–water partition coefficient (Wildman–Crippen LogP) is 0.935. The van der Waals surface area contributed by atoms with E-state index in [1.807, 2.05) is 21.5 Å². The molecule has 0 bridgehead atoms. The number of imidazole rings is 1. The van der Waals surface area contributed by atoms with Crippen molar-refractivity contribution in [3.8, 4) is 0 Å². The topological polar surface area (TPSA) is 58.8 Å². The van der Waals surface area contributed by atoms with E-state index in [9.17, 15) is 0 Å². The molecule has 2 rings (SSSR count). The van der Waals surface area contributed by atoms with Gasteiger partial charge in [-0.3, -0.25) is 4.68 Å². The van der Waals surface area contributed by atoms with Crippen LogP contribution in [0.3, 0.4) is 0 Å². The zero-order chi connectivity index (χ0) is 10.7. The van der Waals surface area contributed by atoms with E-state index in [2.05, 4.69) is 10.1 Å². The zero-order valence-corrected chi connectivity index (χ0v) is 8.94. The molecule has 0 saturated heterocycles. The number of aromatic amines is 1. The highest BCUT2D eigenvalue weighted by Gasteiger charge is 2.02. The molecule has 0 saturated carbocycles. The van der Waals surface area contributed by atoms with Gasteiger partial charge in [0.15, 0.2) is 4.77 Å². The Morgan fingerprint density at radius 3 is 3.00 bits per heavy atom. The molecule has 0 aromatic carbocycles. The van der Waals surface area contributed by atoms with Crippen LogP contribution < -0.4 is 0 Å². The third kappa shape index (κ3) is 2.16. The smallest absolute Gasteiger partial charge is 0.177 e. The van der Waals surface area contributed by atoms with E-state index in [1.165, 1.54) is 0 Å². The lowest BCUT2D eigenvalue weighted by Gasteiger charge is -2.06. The molecule has 15 heavy (non-hydrogen) atoms. The Bertz CT molecular complexity index is 471. The lowest BCUT2D eigenvalue weighted by Crippen LogP contribution is -2.10. The average molecular weight is 224 g/mol. The molecule has 5 nitrogen and oxygen atoms in total. The van der Waals surface area contributed by atoms with Crippen LogP contribution in [-0.4, -0.2) is 24.4 Å². The molecule has 2 N–H and O–H groups in total. The molecule has 2 aromatic rings. The maximum Gasteiger partial charge on any atom is 0.177 e. The Morgan fingerprint density at radius 1 is 1.47 bits per heavy atom. The van der Waals surface area contributed by atoms with Crippen LogP contribution in [0.5, 0.6) is 0 Å². The number of hydrogen-bond acceptors (Lipinski definition) is 3. The number of aromatic nitrogens is 4. The molecule has 6 heteroatoms. The average Bonchev–Trinajstić information content (AvgIpc) is 2.84. The quantitative estimate of drug-likeness (QED) is 0.760. The van der Waals surface area contributed by atoms with Crippen LogP contribution in [0.1, 0.15) is 5.69 Å². The third-order valence-corrected chi connectivity index (χ3v) is 2.57. The maximum absolute atomic E-state index is 9.08. The van der Waals surface area contributed by atoms with Crippen LogP contribution in [0.2, 0.25) is 0 Å². The summed E-state index contributed by atoms with van der Waals surface area (Å²) in [7, 11) is 0. The Kier molecular flexibility index (Phi) is 2.98. The van der Waals surface area contributed by atoms with Crippen molar-refractivity contribution >= 4 is 12.2 Å². The number of aryl methyl sites for hydroxylation is 1. The van der Waals surface area contributed by atoms with Crippen molar-refractivity contribution in [2.45, 2.75) is 19.7 Å². The minimum absolute atomic E-state index is 0.00769. The van der Waals surface area contributed by atoms with Crippen molar-refractivity contribution in [1.29, 1.82) is 0 Å². The lowest BCUT2D eigenvalue weighted by atomic mass is 10.5. The van der Waals surface area contributed by atoms with E-state index in [4.69, 9.17) is 17.3 Å². The van der Waals surface area contributed by atoms with Crippen LogP contribution in [0.15, 0.2) is 24.7 Å². The zero-order valence-electron chi connectivity index (χ0n) is 8.13. The van der Waals surface area contributed by atoms with Gasteiger partial charge in [-0.2, -0.15) is 5.10 Å². The molecule has 2 heterocycles. The molecule has 0 aliphatic heterocycles. The van der Waals surface area contributed by atoms with Gasteiger partial charge in [0.2, 0.25) is 0 Å². The van der Waals surface area contributed by atoms with E-state index >= 15 is 0 Å². The van der Waals surface area contributed by atoms with Gasteiger partial charge in [-0.05, 0) is 18.3 Å². The van der Waals surface area contributed by atoms with Gasteiger partial charge in [0.05, 0.1) is 18.8 Å². The van der Waals surface area contributed by atoms with Gasteiger partial charge in [0.1, 0.15) is 0 Å². The lowest BCUT2D eigenvalue weighted by molar-refractivity contribution is 0.269. The highest BCUT2D eigenvalue weighted by Crippen LogP contribution is 2.02. The maximum atomic E-state index is 9.08. The Labute approximate surface area is 92.0 Å². The second-order valence-electron chi connectivity index (χ2n) is 3.16. The molecule has 0 unspecified atom stereocenters. The van der Waals surface area contributed by atoms with E-state index in [1.54, 1.807) is 12.4 Å². The van der Waals surface area contributed by atoms with Crippen LogP contribution in [0.25, 0.3) is 0 Å². The van der Waals surface area contributed by atoms with Crippen LogP contribution in [0.4, 0.5) is 0 Å². The largest absolute Gasteiger partial charge is 0.390 e. The minimum Gasteiger partial charge on any atom is -0.390 e. The fourth-order valence-corrected chi connectivity index (χ4v) is 1.71. The van der Waals surface area contributed by atoms with Gasteiger partial charge in [0.25, 0.3) is 0 Å². The summed E-state index contributed by atoms with van der Waals surface area (Å²) in [5.74, 6) is 0. The van der Waals surface area contributed by atoms with E-state index < -0.39 is 0 Å². The highest BCUT2D eigenvalue weighted by atomic mass is 32.1. The summed E-state index contributed by atoms with van der Waals surface area (Å²) in [6.07, 6.45) is 5.36. The molecule has 0 radical (unpaired) electrons. The Hall–Kier alpha value is -1.40. The van der Waals surface area contributed by atoms with Crippen molar-refractivity contribution < 1.29 is 5.11 Å². The summed E-state index contributed by atoms with van der Waals surface area (Å²) in [6, 6.07) is 1.88. The first kappa shape index (κ1) is 10.1. The van der Waals surface area contributed by atoms with Crippen LogP contribution in [-0.2, 0) is 19.7 Å². The van der Waals surface area contributed by atoms with Gasteiger partial charge in [-0.25, -0.2) is 0 Å². The van der Waals surface area contributed by atoms with Gasteiger partial charge in [-0.1, -0.05) is 0 Å². The molecular formula is C9H12N4OS. The first-order valence-electron chi connectivity index (χ1n) is 4.66. The van der Waals surface area contributed by atoms with Gasteiger partial charge in [-0.15, -0.1) is 0 Å². The highest BCUT2D eigenvalue weighted by molar-refractivity contribution is 7.71. The first-order chi connectivity index (χ1) is 7.31. The van der Waals surface area contributed by atoms with E-state index in [-0.39, 0.29) is 6.61 Å². The fraction of sp³-hybridized carbons (Fsp3) is 0.333. The van der Waals surface area contributed by atoms with E-state index in [0.29, 0.717) is 11.3 Å². The summed E-state index contributed by atoms with van der Waals surface area (Å²) in [6.45, 7) is 1.44. The molecule has 0 aliphatic rings. The molecule has 0 spiro atoms. The van der Waals surface area contributed by atoms with Gasteiger partial charge < -0.3 is 14.7 Å². The normalized spacial score (nSPS) is 10.7. The second-order valence-corrected chi connectivity index (χ2v) is 3.55. The summed E-state index contributed by atoms with van der Waals surface area (Å²) in [4.78, 5) is 2.91. The fourth-order valence-electron chi connectivity index (χ4n) is 1.44. The van der Waals surface area contributed by atoms with Crippen molar-refractivity contribution in [2.75, 3.05) is 0 Å². The first-order valence-corrected chi connectivity index (χ1v) is 5.07. The number of hydrogen-bond donors (Lipinski definition) is 2. The summed E-state index contributed by atoms with van der Waals surface area (Å²) in [5.41, 5.74) is 0.798. The molecule has 2 aromatic heterocycles. The minimum atomic E-state index is -0.00769. The van der Waals surface area contributed by atoms with Crippen molar-refractivity contribution in [3.63, 3.8) is 0 Å². The number of nitrogens with one attached hydrogen (secondary N) is 1. The molecule has 0 aliphatic carbocycles. The molecule has 0 amide bonds. The number of aliphatic hydroxyl groups is 1. The van der Waals surface area contributed by atoms with Gasteiger partial charge in [0, 0.05) is 25.1 Å². The number of H-pyrrole nitrogens is 1. The summed E-state index contributed by atoms with van der Waals surface area (Å²) < 4.78 is 4.33. The second kappa shape index (κ2) is 4.41. The van der Waals surface area contributed by atoms with Crippen LogP contribution in [0, 0.1) is 4.77 Å². The number of rotatable bonds is 4. The molecule has 80 valence electrons. The number of aliphatic hydroxyl groups excluding tert-OH is 1. The molecular weight excluding hydrogens is 212 g/mol. The summed E-state index contributed by atoms with van der Waals surface area (Å²) >= 11 is 5.10.